The molecule has 6 heteroatoms. The average Bonchev–Trinajstić information content (AvgIpc) is 2.31. The molecule has 0 N–H and O–H groups in total. The summed E-state index contributed by atoms with van der Waals surface area (Å²) in [6.45, 7) is 7.34. The van der Waals surface area contributed by atoms with E-state index in [1.165, 1.54) is 6.92 Å². The summed E-state index contributed by atoms with van der Waals surface area (Å²) in [4.78, 5) is 22.7. The fourth-order valence-corrected chi connectivity index (χ4v) is 1.47. The molecule has 1 saturated heterocycles. The van der Waals surface area contributed by atoms with Crippen LogP contribution in [0.15, 0.2) is 12.2 Å². The third kappa shape index (κ3) is 5.85. The van der Waals surface area contributed by atoms with E-state index in [9.17, 15) is 9.59 Å². The molecule has 0 aromatic rings. The summed E-state index contributed by atoms with van der Waals surface area (Å²) >= 11 is 0. The Morgan fingerprint density at radius 2 is 2.00 bits per heavy atom. The molecule has 1 heterocycles. The van der Waals surface area contributed by atoms with Crippen molar-refractivity contribution in [1.82, 2.24) is 0 Å². The standard InChI is InChI=1S/C13H20O6/c1-10(2)12(15)17-8-11(14)19-13(3)9-16-6-4-5-7-18-13/h1,4-9H2,2-3H3. The van der Waals surface area contributed by atoms with Crippen molar-refractivity contribution in [3.63, 3.8) is 0 Å². The summed E-state index contributed by atoms with van der Waals surface area (Å²) in [5.74, 6) is -2.44. The van der Waals surface area contributed by atoms with Crippen molar-refractivity contribution >= 4 is 11.9 Å². The predicted octanol–water partition coefficient (Wildman–Crippen LogP) is 1.19. The summed E-state index contributed by atoms with van der Waals surface area (Å²) in [7, 11) is 0. The molecule has 1 fully saturated rings. The zero-order valence-corrected chi connectivity index (χ0v) is 11.4. The van der Waals surface area contributed by atoms with E-state index in [4.69, 9.17) is 18.9 Å². The molecular weight excluding hydrogens is 252 g/mol. The largest absolute Gasteiger partial charge is 0.450 e. The molecule has 1 unspecified atom stereocenters. The molecule has 1 atom stereocenters. The van der Waals surface area contributed by atoms with Crippen LogP contribution in [0.25, 0.3) is 0 Å². The van der Waals surface area contributed by atoms with Crippen LogP contribution in [0.4, 0.5) is 0 Å². The number of carbonyl (C=O) groups is 2. The lowest BCUT2D eigenvalue weighted by molar-refractivity contribution is -0.250. The molecule has 108 valence electrons. The maximum atomic E-state index is 11.6. The minimum absolute atomic E-state index is 0.160. The average molecular weight is 272 g/mol. The Morgan fingerprint density at radius 3 is 2.68 bits per heavy atom. The van der Waals surface area contributed by atoms with Gasteiger partial charge in [-0.3, -0.25) is 0 Å². The van der Waals surface area contributed by atoms with Crippen LogP contribution in [0.3, 0.4) is 0 Å². The number of hydrogen-bond donors (Lipinski definition) is 0. The molecule has 19 heavy (non-hydrogen) atoms. The molecule has 1 aliphatic heterocycles. The van der Waals surface area contributed by atoms with Gasteiger partial charge in [0, 0.05) is 19.1 Å². The van der Waals surface area contributed by atoms with Gasteiger partial charge in [0.15, 0.2) is 6.61 Å². The van der Waals surface area contributed by atoms with Gasteiger partial charge < -0.3 is 18.9 Å². The number of ether oxygens (including phenoxy) is 4. The summed E-state index contributed by atoms with van der Waals surface area (Å²) in [6.07, 6.45) is 1.76. The lowest BCUT2D eigenvalue weighted by atomic mass is 10.3. The van der Waals surface area contributed by atoms with Crippen molar-refractivity contribution < 1.29 is 28.5 Å². The lowest BCUT2D eigenvalue weighted by Gasteiger charge is -2.30. The first-order valence-electron chi connectivity index (χ1n) is 6.19. The van der Waals surface area contributed by atoms with Gasteiger partial charge in [-0.2, -0.15) is 0 Å². The first kappa shape index (κ1) is 15.7. The first-order valence-corrected chi connectivity index (χ1v) is 6.19. The second-order valence-corrected chi connectivity index (χ2v) is 4.57. The van der Waals surface area contributed by atoms with Gasteiger partial charge in [-0.05, 0) is 19.8 Å². The van der Waals surface area contributed by atoms with Crippen LogP contribution in [0, 0.1) is 0 Å². The number of hydrogen-bond acceptors (Lipinski definition) is 6. The summed E-state index contributed by atoms with van der Waals surface area (Å²) in [6, 6.07) is 0. The smallest absolute Gasteiger partial charge is 0.346 e. The van der Waals surface area contributed by atoms with Gasteiger partial charge in [0.2, 0.25) is 5.79 Å². The highest BCUT2D eigenvalue weighted by atomic mass is 16.7. The van der Waals surface area contributed by atoms with Crippen molar-refractivity contribution in [2.75, 3.05) is 26.4 Å². The number of rotatable bonds is 4. The summed E-state index contributed by atoms with van der Waals surface area (Å²) in [5.41, 5.74) is 0.226. The lowest BCUT2D eigenvalue weighted by Crippen LogP contribution is -2.42. The topological polar surface area (TPSA) is 71.1 Å². The van der Waals surface area contributed by atoms with Crippen molar-refractivity contribution in [2.24, 2.45) is 0 Å². The van der Waals surface area contributed by atoms with Crippen molar-refractivity contribution in [3.8, 4) is 0 Å². The molecule has 1 rings (SSSR count). The molecule has 1 aliphatic rings. The van der Waals surface area contributed by atoms with Crippen LogP contribution in [-0.4, -0.2) is 44.2 Å². The normalized spacial score (nSPS) is 23.9. The van der Waals surface area contributed by atoms with Gasteiger partial charge in [-0.15, -0.1) is 0 Å². The fraction of sp³-hybridized carbons (Fsp3) is 0.692. The molecule has 0 aromatic carbocycles. The van der Waals surface area contributed by atoms with Gasteiger partial charge in [-0.25, -0.2) is 9.59 Å². The highest BCUT2D eigenvalue weighted by molar-refractivity contribution is 5.88. The zero-order valence-electron chi connectivity index (χ0n) is 11.4. The Bertz CT molecular complexity index is 341. The predicted molar refractivity (Wildman–Crippen MR) is 66.3 cm³/mol. The van der Waals surface area contributed by atoms with E-state index in [-0.39, 0.29) is 12.2 Å². The Labute approximate surface area is 112 Å². The fourth-order valence-electron chi connectivity index (χ4n) is 1.47. The van der Waals surface area contributed by atoms with Gasteiger partial charge in [0.25, 0.3) is 0 Å². The van der Waals surface area contributed by atoms with Crippen molar-refractivity contribution in [1.29, 1.82) is 0 Å². The quantitative estimate of drug-likeness (QED) is 0.565. The Hall–Kier alpha value is -1.40. The summed E-state index contributed by atoms with van der Waals surface area (Å²) in [5, 5.41) is 0. The van der Waals surface area contributed by atoms with E-state index < -0.39 is 24.3 Å². The Balaban J connectivity index is 2.40. The van der Waals surface area contributed by atoms with Crippen LogP contribution >= 0.6 is 0 Å². The molecule has 6 nitrogen and oxygen atoms in total. The van der Waals surface area contributed by atoms with E-state index in [0.717, 1.165) is 12.8 Å². The Kier molecular flexibility index (Phi) is 5.98. The maximum absolute atomic E-state index is 11.6. The Morgan fingerprint density at radius 1 is 1.32 bits per heavy atom. The van der Waals surface area contributed by atoms with Crippen LogP contribution < -0.4 is 0 Å². The third-order valence-electron chi connectivity index (χ3n) is 2.45. The van der Waals surface area contributed by atoms with Crippen molar-refractivity contribution in [2.45, 2.75) is 32.5 Å². The second kappa shape index (κ2) is 7.25. The second-order valence-electron chi connectivity index (χ2n) is 4.57. The van der Waals surface area contributed by atoms with Crippen molar-refractivity contribution in [3.05, 3.63) is 12.2 Å². The monoisotopic (exact) mass is 272 g/mol. The molecule has 0 bridgehead atoms. The molecule has 0 saturated carbocycles. The number of carbonyl (C=O) groups excluding carboxylic acids is 2. The van der Waals surface area contributed by atoms with E-state index in [2.05, 4.69) is 6.58 Å². The summed E-state index contributed by atoms with van der Waals surface area (Å²) < 4.78 is 20.6. The third-order valence-corrected chi connectivity index (χ3v) is 2.45. The molecule has 0 aliphatic carbocycles. The minimum atomic E-state index is -1.13. The van der Waals surface area contributed by atoms with Gasteiger partial charge >= 0.3 is 11.9 Å². The van der Waals surface area contributed by atoms with E-state index in [1.54, 1.807) is 6.92 Å². The van der Waals surface area contributed by atoms with Gasteiger partial charge in [0.1, 0.15) is 6.61 Å². The molecule has 0 spiro atoms. The van der Waals surface area contributed by atoms with Crippen LogP contribution in [0.1, 0.15) is 26.7 Å². The van der Waals surface area contributed by atoms with Crippen LogP contribution in [-0.2, 0) is 28.5 Å². The highest BCUT2D eigenvalue weighted by Gasteiger charge is 2.31. The van der Waals surface area contributed by atoms with E-state index in [1.807, 2.05) is 0 Å². The minimum Gasteiger partial charge on any atom is -0.450 e. The molecule has 0 aromatic heterocycles. The zero-order chi connectivity index (χ0) is 14.3. The van der Waals surface area contributed by atoms with E-state index >= 15 is 0 Å². The first-order chi connectivity index (χ1) is 8.93. The molecular formula is C13H20O6. The van der Waals surface area contributed by atoms with E-state index in [0.29, 0.717) is 13.2 Å². The van der Waals surface area contributed by atoms with Crippen LogP contribution in [0.2, 0.25) is 0 Å². The van der Waals surface area contributed by atoms with Crippen LogP contribution in [0.5, 0.6) is 0 Å². The maximum Gasteiger partial charge on any atom is 0.346 e. The highest BCUT2D eigenvalue weighted by Crippen LogP contribution is 2.17. The molecule has 0 radical (unpaired) electrons. The SMILES string of the molecule is C=C(C)C(=O)OCC(=O)OC1(C)COCCCCO1. The number of esters is 2. The molecule has 0 amide bonds. The van der Waals surface area contributed by atoms with Gasteiger partial charge in [0.05, 0.1) is 6.61 Å². The van der Waals surface area contributed by atoms with Gasteiger partial charge in [-0.1, -0.05) is 6.58 Å².